The van der Waals surface area contributed by atoms with Gasteiger partial charge in [0.2, 0.25) is 11.7 Å². The molecule has 1 aromatic carbocycles. The second-order valence-corrected chi connectivity index (χ2v) is 4.03. The molecule has 0 bridgehead atoms. The average molecular weight is 286 g/mol. The minimum atomic E-state index is -0.344. The molecule has 0 spiro atoms. The summed E-state index contributed by atoms with van der Waals surface area (Å²) in [6.07, 6.45) is 0.514. The number of halogens is 2. The Morgan fingerprint density at radius 3 is 3.00 bits per heavy atom. The summed E-state index contributed by atoms with van der Waals surface area (Å²) in [4.78, 5) is 4.12. The van der Waals surface area contributed by atoms with Crippen molar-refractivity contribution in [3.05, 3.63) is 34.4 Å². The lowest BCUT2D eigenvalue weighted by Gasteiger charge is -1.98. The van der Waals surface area contributed by atoms with Gasteiger partial charge < -0.3 is 10.3 Å². The zero-order chi connectivity index (χ0) is 11.5. The van der Waals surface area contributed by atoms with Crippen LogP contribution < -0.4 is 5.73 Å². The maximum Gasteiger partial charge on any atom is 0.228 e. The molecule has 2 N–H and O–H groups in total. The summed E-state index contributed by atoms with van der Waals surface area (Å²) in [5, 5.41) is 3.77. The van der Waals surface area contributed by atoms with E-state index in [0.717, 1.165) is 0 Å². The number of aromatic nitrogens is 2. The van der Waals surface area contributed by atoms with Crippen molar-refractivity contribution in [3.63, 3.8) is 0 Å². The van der Waals surface area contributed by atoms with Crippen LogP contribution in [0.4, 0.5) is 4.39 Å². The molecule has 0 amide bonds. The first-order chi connectivity index (χ1) is 7.70. The second kappa shape index (κ2) is 4.71. The first-order valence-electron chi connectivity index (χ1n) is 4.69. The normalized spacial score (nSPS) is 10.7. The summed E-state index contributed by atoms with van der Waals surface area (Å²) in [6, 6.07) is 4.30. The van der Waals surface area contributed by atoms with Crippen molar-refractivity contribution < 1.29 is 8.91 Å². The lowest BCUT2D eigenvalue weighted by molar-refractivity contribution is 0.380. The molecule has 16 heavy (non-hydrogen) atoms. The molecule has 1 heterocycles. The summed E-state index contributed by atoms with van der Waals surface area (Å²) in [7, 11) is 0. The fourth-order valence-electron chi connectivity index (χ4n) is 1.26. The van der Waals surface area contributed by atoms with Crippen molar-refractivity contribution in [3.8, 4) is 11.4 Å². The van der Waals surface area contributed by atoms with Crippen LogP contribution in [0.25, 0.3) is 11.4 Å². The Morgan fingerprint density at radius 2 is 2.25 bits per heavy atom. The van der Waals surface area contributed by atoms with Gasteiger partial charge in [-0.05, 0) is 18.2 Å². The van der Waals surface area contributed by atoms with Crippen LogP contribution in [-0.4, -0.2) is 16.7 Å². The van der Waals surface area contributed by atoms with Gasteiger partial charge in [-0.1, -0.05) is 21.1 Å². The highest BCUT2D eigenvalue weighted by atomic mass is 79.9. The van der Waals surface area contributed by atoms with Gasteiger partial charge >= 0.3 is 0 Å². The molecule has 0 unspecified atom stereocenters. The van der Waals surface area contributed by atoms with E-state index in [1.807, 2.05) is 0 Å². The number of hydrogen-bond acceptors (Lipinski definition) is 4. The van der Waals surface area contributed by atoms with Gasteiger partial charge in [0.1, 0.15) is 5.82 Å². The third-order valence-electron chi connectivity index (χ3n) is 2.00. The molecule has 0 fully saturated rings. The Kier molecular flexibility index (Phi) is 3.31. The van der Waals surface area contributed by atoms with Crippen molar-refractivity contribution in [2.24, 2.45) is 5.73 Å². The van der Waals surface area contributed by atoms with Gasteiger partial charge in [-0.15, -0.1) is 0 Å². The summed E-state index contributed by atoms with van der Waals surface area (Å²) in [6.45, 7) is 0.436. The Morgan fingerprint density at radius 1 is 1.44 bits per heavy atom. The Bertz CT molecular complexity index is 501. The third kappa shape index (κ3) is 2.28. The van der Waals surface area contributed by atoms with E-state index in [9.17, 15) is 4.39 Å². The van der Waals surface area contributed by atoms with E-state index in [1.165, 1.54) is 12.1 Å². The van der Waals surface area contributed by atoms with E-state index < -0.39 is 0 Å². The van der Waals surface area contributed by atoms with Crippen LogP contribution in [0.15, 0.2) is 27.2 Å². The Labute approximate surface area is 99.8 Å². The summed E-state index contributed by atoms with van der Waals surface area (Å²) >= 11 is 3.30. The van der Waals surface area contributed by atoms with E-state index in [2.05, 4.69) is 26.1 Å². The molecule has 0 radical (unpaired) electrons. The molecule has 0 atom stereocenters. The lowest BCUT2D eigenvalue weighted by atomic mass is 10.2. The van der Waals surface area contributed by atoms with E-state index in [1.54, 1.807) is 6.07 Å². The van der Waals surface area contributed by atoms with Crippen molar-refractivity contribution in [2.45, 2.75) is 6.42 Å². The van der Waals surface area contributed by atoms with Crippen LogP contribution in [0.3, 0.4) is 0 Å². The summed E-state index contributed by atoms with van der Waals surface area (Å²) < 4.78 is 18.7. The average Bonchev–Trinajstić information content (AvgIpc) is 2.71. The van der Waals surface area contributed by atoms with Crippen molar-refractivity contribution >= 4 is 15.9 Å². The number of nitrogens with two attached hydrogens (primary N) is 1. The largest absolute Gasteiger partial charge is 0.339 e. The van der Waals surface area contributed by atoms with Crippen LogP contribution in [0, 0.1) is 5.82 Å². The molecular weight excluding hydrogens is 277 g/mol. The highest BCUT2D eigenvalue weighted by Gasteiger charge is 2.11. The topological polar surface area (TPSA) is 64.9 Å². The molecule has 0 aliphatic heterocycles. The standard InChI is InChI=1S/C10H9BrFN3O/c11-8-2-1-6(12)5-7(8)10-14-9(3-4-13)16-15-10/h1-2,5H,3-4,13H2. The number of hydrogen-bond donors (Lipinski definition) is 1. The van der Waals surface area contributed by atoms with Gasteiger partial charge in [-0.25, -0.2) is 4.39 Å². The minimum Gasteiger partial charge on any atom is -0.339 e. The zero-order valence-corrected chi connectivity index (χ0v) is 9.87. The van der Waals surface area contributed by atoms with Crippen LogP contribution in [0.2, 0.25) is 0 Å². The molecule has 0 saturated carbocycles. The smallest absolute Gasteiger partial charge is 0.228 e. The first kappa shape index (κ1) is 11.2. The van der Waals surface area contributed by atoms with E-state index in [4.69, 9.17) is 10.3 Å². The first-order valence-corrected chi connectivity index (χ1v) is 5.48. The Hall–Kier alpha value is -1.27. The quantitative estimate of drug-likeness (QED) is 0.938. The molecule has 2 aromatic rings. The van der Waals surface area contributed by atoms with Gasteiger partial charge in [0.25, 0.3) is 0 Å². The minimum absolute atomic E-state index is 0.344. The number of rotatable bonds is 3. The van der Waals surface area contributed by atoms with Gasteiger partial charge in [-0.2, -0.15) is 4.98 Å². The van der Waals surface area contributed by atoms with Gasteiger partial charge in [-0.3, -0.25) is 0 Å². The van der Waals surface area contributed by atoms with Gasteiger partial charge in [0.05, 0.1) is 0 Å². The number of nitrogens with zero attached hydrogens (tertiary/aromatic N) is 2. The van der Waals surface area contributed by atoms with Gasteiger partial charge in [0.15, 0.2) is 0 Å². The fourth-order valence-corrected chi connectivity index (χ4v) is 1.68. The maximum atomic E-state index is 13.1. The van der Waals surface area contributed by atoms with Gasteiger partial charge in [0, 0.05) is 23.0 Å². The molecule has 1 aromatic heterocycles. The van der Waals surface area contributed by atoms with E-state index in [0.29, 0.717) is 34.7 Å². The molecular formula is C10H9BrFN3O. The highest BCUT2D eigenvalue weighted by Crippen LogP contribution is 2.26. The van der Waals surface area contributed by atoms with Crippen LogP contribution in [0.5, 0.6) is 0 Å². The van der Waals surface area contributed by atoms with Crippen molar-refractivity contribution in [1.29, 1.82) is 0 Å². The fraction of sp³-hybridized carbons (Fsp3) is 0.200. The molecule has 84 valence electrons. The summed E-state index contributed by atoms with van der Waals surface area (Å²) in [5.74, 6) is 0.465. The maximum absolute atomic E-state index is 13.1. The molecule has 6 heteroatoms. The lowest BCUT2D eigenvalue weighted by Crippen LogP contribution is -2.02. The van der Waals surface area contributed by atoms with E-state index >= 15 is 0 Å². The van der Waals surface area contributed by atoms with Crippen molar-refractivity contribution in [1.82, 2.24) is 10.1 Å². The van der Waals surface area contributed by atoms with Crippen LogP contribution in [-0.2, 0) is 6.42 Å². The molecule has 0 aliphatic rings. The van der Waals surface area contributed by atoms with Crippen molar-refractivity contribution in [2.75, 3.05) is 6.54 Å². The summed E-state index contributed by atoms with van der Waals surface area (Å²) in [5.41, 5.74) is 5.93. The zero-order valence-electron chi connectivity index (χ0n) is 8.28. The molecule has 0 aliphatic carbocycles. The Balaban J connectivity index is 2.38. The predicted molar refractivity (Wildman–Crippen MR) is 60.2 cm³/mol. The predicted octanol–water partition coefficient (Wildman–Crippen LogP) is 2.14. The molecule has 4 nitrogen and oxygen atoms in total. The SMILES string of the molecule is NCCc1nc(-c2cc(F)ccc2Br)no1. The number of benzene rings is 1. The monoisotopic (exact) mass is 285 g/mol. The van der Waals surface area contributed by atoms with Crippen LogP contribution in [0.1, 0.15) is 5.89 Å². The molecule has 0 saturated heterocycles. The third-order valence-corrected chi connectivity index (χ3v) is 2.69. The highest BCUT2D eigenvalue weighted by molar-refractivity contribution is 9.10. The molecule has 2 rings (SSSR count). The van der Waals surface area contributed by atoms with Crippen LogP contribution >= 0.6 is 15.9 Å². The van der Waals surface area contributed by atoms with E-state index in [-0.39, 0.29) is 5.82 Å². The second-order valence-electron chi connectivity index (χ2n) is 3.17.